The molecule has 234 valence electrons. The maximum Gasteiger partial charge on any atom is 0.247 e. The molecule has 1 aliphatic rings. The number of amides is 3. The van der Waals surface area contributed by atoms with E-state index in [0.717, 1.165) is 42.1 Å². The molecule has 1 saturated heterocycles. The number of hydrogen-bond acceptors (Lipinski definition) is 6. The van der Waals surface area contributed by atoms with Crippen LogP contribution in [0.3, 0.4) is 0 Å². The minimum atomic E-state index is -1.02. The molecule has 3 rings (SSSR count). The number of nitrogens with zero attached hydrogens (tertiary/aromatic N) is 1. The van der Waals surface area contributed by atoms with E-state index in [-0.39, 0.29) is 43.1 Å². The molecule has 1 fully saturated rings. The van der Waals surface area contributed by atoms with Gasteiger partial charge in [0.2, 0.25) is 17.7 Å². The molecule has 0 spiro atoms. The molecule has 0 radical (unpaired) electrons. The molecule has 1 aliphatic heterocycles. The number of carbonyl (C=O) groups is 3. The van der Waals surface area contributed by atoms with E-state index in [1.165, 1.54) is 4.90 Å². The second-order valence-electron chi connectivity index (χ2n) is 11.4. The third kappa shape index (κ3) is 9.76. The minimum Gasteiger partial charge on any atom is -0.390 e. The molecule has 8 nitrogen and oxygen atoms in total. The predicted molar refractivity (Wildman–Crippen MR) is 172 cm³/mol. The standard InChI is InChI=1S/C33H50N4O4.ClH/c1-5-23(6-2)20-34-21-28(38)22-36-31(39)30(19-24-15-16-26-12-9-10-13-27(26)18-24)37(32(40)25(7-3)8-4)33(41)29-14-11-17-35-29;/h9-10,12-13,15-16,18,23,25,28-30,34-35,38H,5-8,11,14,17,19-22H2,1-4H3,(H,36,39);1H/t28?,29-,30+;/m0./s1. The smallest absolute Gasteiger partial charge is 0.247 e. The van der Waals surface area contributed by atoms with E-state index in [1.54, 1.807) is 0 Å². The summed E-state index contributed by atoms with van der Waals surface area (Å²) in [6.07, 6.45) is 4.20. The predicted octanol–water partition coefficient (Wildman–Crippen LogP) is 4.22. The van der Waals surface area contributed by atoms with Crippen molar-refractivity contribution in [2.24, 2.45) is 11.8 Å². The number of aliphatic hydroxyl groups excluding tert-OH is 1. The lowest BCUT2D eigenvalue weighted by atomic mass is 9.96. The van der Waals surface area contributed by atoms with Gasteiger partial charge in [-0.1, -0.05) is 83.0 Å². The van der Waals surface area contributed by atoms with Crippen molar-refractivity contribution in [2.45, 2.75) is 90.8 Å². The highest BCUT2D eigenvalue weighted by atomic mass is 35.5. The summed E-state index contributed by atoms with van der Waals surface area (Å²) in [7, 11) is 0. The molecule has 0 aliphatic carbocycles. The maximum absolute atomic E-state index is 13.9. The summed E-state index contributed by atoms with van der Waals surface area (Å²) in [5, 5.41) is 22.1. The van der Waals surface area contributed by atoms with Crippen molar-refractivity contribution >= 4 is 40.9 Å². The van der Waals surface area contributed by atoms with Crippen molar-refractivity contribution in [2.75, 3.05) is 26.2 Å². The molecule has 2 aromatic carbocycles. The van der Waals surface area contributed by atoms with Crippen molar-refractivity contribution in [3.05, 3.63) is 48.0 Å². The van der Waals surface area contributed by atoms with Gasteiger partial charge >= 0.3 is 0 Å². The fourth-order valence-electron chi connectivity index (χ4n) is 5.64. The van der Waals surface area contributed by atoms with Crippen LogP contribution < -0.4 is 16.0 Å². The zero-order valence-corrected chi connectivity index (χ0v) is 26.6. The molecule has 3 amide bonds. The van der Waals surface area contributed by atoms with Crippen LogP contribution in [0, 0.1) is 11.8 Å². The van der Waals surface area contributed by atoms with Crippen LogP contribution in [-0.2, 0) is 20.8 Å². The Morgan fingerprint density at radius 3 is 2.26 bits per heavy atom. The maximum atomic E-state index is 13.9. The number of fused-ring (bicyclic) bond motifs is 1. The van der Waals surface area contributed by atoms with Gasteiger partial charge in [-0.25, -0.2) is 0 Å². The van der Waals surface area contributed by atoms with E-state index in [1.807, 2.05) is 56.3 Å². The van der Waals surface area contributed by atoms with Gasteiger partial charge in [-0.2, -0.15) is 0 Å². The van der Waals surface area contributed by atoms with Crippen molar-refractivity contribution in [3.63, 3.8) is 0 Å². The quantitative estimate of drug-likeness (QED) is 0.229. The van der Waals surface area contributed by atoms with Gasteiger partial charge in [-0.15, -0.1) is 12.4 Å². The number of carbonyl (C=O) groups excluding carboxylic acids is 3. The highest BCUT2D eigenvalue weighted by molar-refractivity contribution is 6.03. The van der Waals surface area contributed by atoms with E-state index in [9.17, 15) is 19.5 Å². The number of benzene rings is 2. The zero-order chi connectivity index (χ0) is 29.8. The topological polar surface area (TPSA) is 111 Å². The number of aliphatic hydroxyl groups is 1. The Morgan fingerprint density at radius 2 is 1.64 bits per heavy atom. The molecule has 0 aromatic heterocycles. The van der Waals surface area contributed by atoms with Gasteiger partial charge in [-0.05, 0) is 61.0 Å². The SMILES string of the molecule is CCC(CC)CNCC(O)CNC(=O)[C@@H](Cc1ccc2ccccc2c1)N(C(=O)C(CC)CC)C(=O)[C@@H]1CCCN1.Cl. The number of rotatable bonds is 16. The van der Waals surface area contributed by atoms with Gasteiger partial charge in [0.1, 0.15) is 6.04 Å². The lowest BCUT2D eigenvalue weighted by Gasteiger charge is -2.34. The highest BCUT2D eigenvalue weighted by Crippen LogP contribution is 2.23. The third-order valence-corrected chi connectivity index (χ3v) is 8.50. The molecular formula is C33H51ClN4O4. The van der Waals surface area contributed by atoms with Gasteiger partial charge in [0.15, 0.2) is 0 Å². The third-order valence-electron chi connectivity index (χ3n) is 8.50. The van der Waals surface area contributed by atoms with Gasteiger partial charge < -0.3 is 21.1 Å². The Labute approximate surface area is 257 Å². The minimum absolute atomic E-state index is 0. The van der Waals surface area contributed by atoms with Crippen molar-refractivity contribution in [3.8, 4) is 0 Å². The molecule has 1 heterocycles. The molecule has 42 heavy (non-hydrogen) atoms. The van der Waals surface area contributed by atoms with E-state index in [0.29, 0.717) is 38.3 Å². The van der Waals surface area contributed by atoms with E-state index in [2.05, 4.69) is 29.8 Å². The van der Waals surface area contributed by atoms with Crippen molar-refractivity contribution in [1.82, 2.24) is 20.9 Å². The summed E-state index contributed by atoms with van der Waals surface area (Å²) >= 11 is 0. The normalized spacial score (nSPS) is 16.3. The van der Waals surface area contributed by atoms with Crippen LogP contribution in [0.4, 0.5) is 0 Å². The Kier molecular flexibility index (Phi) is 15.5. The summed E-state index contributed by atoms with van der Waals surface area (Å²) in [6.45, 7) is 10.1. The Balaban J connectivity index is 0.00000616. The number of nitrogens with one attached hydrogen (secondary N) is 3. The summed E-state index contributed by atoms with van der Waals surface area (Å²) < 4.78 is 0. The highest BCUT2D eigenvalue weighted by Gasteiger charge is 2.40. The van der Waals surface area contributed by atoms with Gasteiger partial charge in [0.05, 0.1) is 12.1 Å². The zero-order valence-electron chi connectivity index (χ0n) is 25.7. The van der Waals surface area contributed by atoms with Crippen LogP contribution in [0.2, 0.25) is 0 Å². The summed E-state index contributed by atoms with van der Waals surface area (Å²) in [4.78, 5) is 42.9. The molecule has 2 aromatic rings. The average molecular weight is 603 g/mol. The monoisotopic (exact) mass is 602 g/mol. The molecule has 3 atom stereocenters. The Morgan fingerprint density at radius 1 is 0.952 bits per heavy atom. The van der Waals surface area contributed by atoms with E-state index in [4.69, 9.17) is 0 Å². The molecule has 0 saturated carbocycles. The molecule has 1 unspecified atom stereocenters. The van der Waals surface area contributed by atoms with Crippen LogP contribution in [0.25, 0.3) is 10.8 Å². The number of imide groups is 1. The lowest BCUT2D eigenvalue weighted by Crippen LogP contribution is -2.59. The van der Waals surface area contributed by atoms with Crippen LogP contribution >= 0.6 is 12.4 Å². The molecule has 9 heteroatoms. The first-order chi connectivity index (χ1) is 19.8. The Hall–Kier alpha value is -2.52. The average Bonchev–Trinajstić information content (AvgIpc) is 3.53. The molecule has 4 N–H and O–H groups in total. The van der Waals surface area contributed by atoms with Crippen LogP contribution in [0.1, 0.15) is 71.8 Å². The van der Waals surface area contributed by atoms with Crippen LogP contribution in [-0.4, -0.2) is 72.1 Å². The number of hydrogen-bond donors (Lipinski definition) is 4. The summed E-state index contributed by atoms with van der Waals surface area (Å²) in [5.74, 6) is -0.882. The first-order valence-corrected chi connectivity index (χ1v) is 15.6. The summed E-state index contributed by atoms with van der Waals surface area (Å²) in [6, 6.07) is 12.5. The van der Waals surface area contributed by atoms with E-state index < -0.39 is 24.1 Å². The first-order valence-electron chi connectivity index (χ1n) is 15.6. The van der Waals surface area contributed by atoms with Crippen LogP contribution in [0.5, 0.6) is 0 Å². The fourth-order valence-corrected chi connectivity index (χ4v) is 5.64. The number of halogens is 1. The molecular weight excluding hydrogens is 552 g/mol. The lowest BCUT2D eigenvalue weighted by molar-refractivity contribution is -0.155. The van der Waals surface area contributed by atoms with Crippen molar-refractivity contribution in [1.29, 1.82) is 0 Å². The van der Waals surface area contributed by atoms with Crippen LogP contribution in [0.15, 0.2) is 42.5 Å². The van der Waals surface area contributed by atoms with E-state index >= 15 is 0 Å². The van der Waals surface area contributed by atoms with Gasteiger partial charge in [0.25, 0.3) is 0 Å². The van der Waals surface area contributed by atoms with Crippen molar-refractivity contribution < 1.29 is 19.5 Å². The molecule has 0 bridgehead atoms. The van der Waals surface area contributed by atoms with Gasteiger partial charge in [-0.3, -0.25) is 19.3 Å². The second kappa shape index (κ2) is 18.2. The Bertz CT molecular complexity index is 1120. The van der Waals surface area contributed by atoms with Gasteiger partial charge in [0, 0.05) is 25.4 Å². The largest absolute Gasteiger partial charge is 0.390 e. The second-order valence-corrected chi connectivity index (χ2v) is 11.4. The first kappa shape index (κ1) is 35.7. The summed E-state index contributed by atoms with van der Waals surface area (Å²) in [5.41, 5.74) is 0.866. The fraction of sp³-hybridized carbons (Fsp3) is 0.606.